The molecule has 1 heterocycles. The van der Waals surface area contributed by atoms with Gasteiger partial charge in [0.15, 0.2) is 0 Å². The van der Waals surface area contributed by atoms with E-state index in [0.29, 0.717) is 22.4 Å². The maximum atomic E-state index is 12.5. The van der Waals surface area contributed by atoms with E-state index >= 15 is 0 Å². The number of ether oxygens (including phenoxy) is 1. The molecular formula is C20H16N2O2S2. The lowest BCUT2D eigenvalue weighted by Crippen LogP contribution is -2.08. The number of aromatic nitrogens is 1. The fourth-order valence-electron chi connectivity index (χ4n) is 2.36. The number of hydrogen-bond donors (Lipinski definition) is 0. The van der Waals surface area contributed by atoms with E-state index < -0.39 is 0 Å². The summed E-state index contributed by atoms with van der Waals surface area (Å²) in [7, 11) is 0. The Bertz CT molecular complexity index is 960. The van der Waals surface area contributed by atoms with E-state index in [2.05, 4.69) is 11.1 Å². The summed E-state index contributed by atoms with van der Waals surface area (Å²) in [6.07, 6.45) is 0. The average molecular weight is 380 g/mol. The zero-order chi connectivity index (χ0) is 18.4. The molecule has 4 nitrogen and oxygen atoms in total. The van der Waals surface area contributed by atoms with Crippen LogP contribution in [0.4, 0.5) is 0 Å². The first-order valence-electron chi connectivity index (χ1n) is 7.95. The van der Waals surface area contributed by atoms with Crippen LogP contribution in [-0.2, 0) is 17.1 Å². The van der Waals surface area contributed by atoms with Gasteiger partial charge in [0.2, 0.25) is 0 Å². The molecule has 2 aromatic carbocycles. The summed E-state index contributed by atoms with van der Waals surface area (Å²) in [5, 5.41) is 11.1. The van der Waals surface area contributed by atoms with Crippen molar-refractivity contribution in [1.29, 1.82) is 5.26 Å². The Morgan fingerprint density at radius 1 is 1.19 bits per heavy atom. The van der Waals surface area contributed by atoms with Crippen LogP contribution in [0, 0.1) is 18.3 Å². The van der Waals surface area contributed by atoms with E-state index in [1.807, 2.05) is 36.6 Å². The van der Waals surface area contributed by atoms with Crippen molar-refractivity contribution in [2.75, 3.05) is 0 Å². The standard InChI is InChI=1S/C20H16N2O2S2/c1-14-12-25-20(22-14)26-13-17-8-4-5-9-18(17)19(23)24-11-16-7-3-2-6-15(16)10-21/h2-9,12H,11,13H2,1H3. The summed E-state index contributed by atoms with van der Waals surface area (Å²) in [6, 6.07) is 16.6. The second-order valence-corrected chi connectivity index (χ2v) is 7.63. The summed E-state index contributed by atoms with van der Waals surface area (Å²) in [6.45, 7) is 2.04. The predicted molar refractivity (Wildman–Crippen MR) is 103 cm³/mol. The molecule has 3 aromatic rings. The third-order valence-electron chi connectivity index (χ3n) is 3.68. The molecule has 1 aromatic heterocycles. The minimum absolute atomic E-state index is 0.0791. The largest absolute Gasteiger partial charge is 0.457 e. The quantitative estimate of drug-likeness (QED) is 0.446. The zero-order valence-electron chi connectivity index (χ0n) is 14.1. The molecule has 3 rings (SSSR count). The first kappa shape index (κ1) is 18.2. The number of thiazole rings is 1. The monoisotopic (exact) mass is 380 g/mol. The molecule has 0 N–H and O–H groups in total. The molecule has 0 spiro atoms. The van der Waals surface area contributed by atoms with Gasteiger partial charge in [0.1, 0.15) is 10.9 Å². The smallest absolute Gasteiger partial charge is 0.338 e. The average Bonchev–Trinajstić information content (AvgIpc) is 3.10. The Morgan fingerprint density at radius 3 is 2.65 bits per heavy atom. The van der Waals surface area contributed by atoms with Crippen LogP contribution in [0.2, 0.25) is 0 Å². The van der Waals surface area contributed by atoms with Crippen LogP contribution >= 0.6 is 23.1 Å². The van der Waals surface area contributed by atoms with Crippen molar-refractivity contribution in [1.82, 2.24) is 4.98 Å². The number of carbonyl (C=O) groups is 1. The molecule has 0 saturated heterocycles. The number of esters is 1. The van der Waals surface area contributed by atoms with E-state index in [4.69, 9.17) is 10.00 Å². The highest BCUT2D eigenvalue weighted by atomic mass is 32.2. The molecule has 0 unspecified atom stereocenters. The second-order valence-electron chi connectivity index (χ2n) is 5.55. The molecule has 0 bridgehead atoms. The fraction of sp³-hybridized carbons (Fsp3) is 0.150. The van der Waals surface area contributed by atoms with Gasteiger partial charge in [-0.25, -0.2) is 9.78 Å². The van der Waals surface area contributed by atoms with Gasteiger partial charge in [-0.15, -0.1) is 11.3 Å². The SMILES string of the molecule is Cc1csc(SCc2ccccc2C(=O)OCc2ccccc2C#N)n1. The summed E-state index contributed by atoms with van der Waals surface area (Å²) < 4.78 is 6.42. The lowest BCUT2D eigenvalue weighted by molar-refractivity contribution is 0.0471. The maximum absolute atomic E-state index is 12.5. The number of carbonyl (C=O) groups excluding carboxylic acids is 1. The minimum Gasteiger partial charge on any atom is -0.457 e. The molecule has 0 radical (unpaired) electrons. The van der Waals surface area contributed by atoms with Crippen LogP contribution in [0.5, 0.6) is 0 Å². The number of nitriles is 1. The molecule has 26 heavy (non-hydrogen) atoms. The molecule has 0 aliphatic rings. The molecule has 0 atom stereocenters. The molecule has 0 fully saturated rings. The Labute approximate surface area is 160 Å². The first-order valence-corrected chi connectivity index (χ1v) is 9.82. The number of aryl methyl sites for hydroxylation is 1. The van der Waals surface area contributed by atoms with Crippen molar-refractivity contribution in [2.24, 2.45) is 0 Å². The zero-order valence-corrected chi connectivity index (χ0v) is 15.8. The van der Waals surface area contributed by atoms with E-state index in [1.54, 1.807) is 47.4 Å². The van der Waals surface area contributed by atoms with E-state index in [0.717, 1.165) is 15.6 Å². The predicted octanol–water partition coefficient (Wildman–Crippen LogP) is 4.97. The van der Waals surface area contributed by atoms with Crippen LogP contribution in [0.3, 0.4) is 0 Å². The number of rotatable bonds is 6. The fourth-order valence-corrected chi connectivity index (χ4v) is 4.21. The molecule has 0 amide bonds. The van der Waals surface area contributed by atoms with E-state index in [-0.39, 0.29) is 12.6 Å². The normalized spacial score (nSPS) is 10.3. The molecule has 0 aliphatic carbocycles. The van der Waals surface area contributed by atoms with Crippen LogP contribution in [0.1, 0.15) is 32.7 Å². The van der Waals surface area contributed by atoms with Crippen LogP contribution in [0.15, 0.2) is 58.3 Å². The van der Waals surface area contributed by atoms with Crippen LogP contribution in [0.25, 0.3) is 0 Å². The Morgan fingerprint density at radius 2 is 1.92 bits per heavy atom. The second kappa shape index (κ2) is 8.65. The van der Waals surface area contributed by atoms with Gasteiger partial charge < -0.3 is 4.74 Å². The van der Waals surface area contributed by atoms with Crippen molar-refractivity contribution in [3.8, 4) is 6.07 Å². The molecule has 130 valence electrons. The van der Waals surface area contributed by atoms with E-state index in [1.165, 1.54) is 0 Å². The van der Waals surface area contributed by atoms with Crippen molar-refractivity contribution in [2.45, 2.75) is 23.6 Å². The van der Waals surface area contributed by atoms with Gasteiger partial charge in [0.25, 0.3) is 0 Å². The highest BCUT2D eigenvalue weighted by Crippen LogP contribution is 2.27. The third kappa shape index (κ3) is 4.51. The van der Waals surface area contributed by atoms with Crippen molar-refractivity contribution in [3.05, 3.63) is 81.9 Å². The van der Waals surface area contributed by atoms with Gasteiger partial charge in [-0.05, 0) is 24.6 Å². The van der Waals surface area contributed by atoms with Gasteiger partial charge >= 0.3 is 5.97 Å². The van der Waals surface area contributed by atoms with Crippen LogP contribution < -0.4 is 0 Å². The lowest BCUT2D eigenvalue weighted by atomic mass is 10.1. The summed E-state index contributed by atoms with van der Waals surface area (Å²) in [5.41, 5.74) is 3.67. The number of benzene rings is 2. The lowest BCUT2D eigenvalue weighted by Gasteiger charge is -2.10. The summed E-state index contributed by atoms with van der Waals surface area (Å²) >= 11 is 3.20. The molecule has 0 aliphatic heterocycles. The van der Waals surface area contributed by atoms with Crippen molar-refractivity contribution >= 4 is 29.1 Å². The molecule has 6 heteroatoms. The van der Waals surface area contributed by atoms with Gasteiger partial charge in [-0.1, -0.05) is 48.2 Å². The highest BCUT2D eigenvalue weighted by molar-refractivity contribution is 8.00. The van der Waals surface area contributed by atoms with Gasteiger partial charge in [0.05, 0.1) is 17.2 Å². The number of nitrogens with zero attached hydrogens (tertiary/aromatic N) is 2. The topological polar surface area (TPSA) is 63.0 Å². The van der Waals surface area contributed by atoms with E-state index in [9.17, 15) is 4.79 Å². The van der Waals surface area contributed by atoms with Crippen molar-refractivity contribution < 1.29 is 9.53 Å². The number of hydrogen-bond acceptors (Lipinski definition) is 6. The number of thioether (sulfide) groups is 1. The summed E-state index contributed by atoms with van der Waals surface area (Å²) in [4.78, 5) is 17.0. The Hall–Kier alpha value is -2.62. The van der Waals surface area contributed by atoms with Crippen molar-refractivity contribution in [3.63, 3.8) is 0 Å². The molecular weight excluding hydrogens is 364 g/mol. The van der Waals surface area contributed by atoms with Gasteiger partial charge in [0, 0.05) is 22.4 Å². The van der Waals surface area contributed by atoms with Crippen LogP contribution in [-0.4, -0.2) is 11.0 Å². The van der Waals surface area contributed by atoms with Gasteiger partial charge in [-0.2, -0.15) is 5.26 Å². The highest BCUT2D eigenvalue weighted by Gasteiger charge is 2.14. The maximum Gasteiger partial charge on any atom is 0.338 e. The van der Waals surface area contributed by atoms with Gasteiger partial charge in [-0.3, -0.25) is 0 Å². The Balaban J connectivity index is 1.68. The third-order valence-corrected chi connectivity index (χ3v) is 5.87. The minimum atomic E-state index is -0.385. The first-order chi connectivity index (χ1) is 12.7. The molecule has 0 saturated carbocycles. The Kier molecular flexibility index (Phi) is 6.05. The summed E-state index contributed by atoms with van der Waals surface area (Å²) in [5.74, 6) is 0.261.